The van der Waals surface area contributed by atoms with Gasteiger partial charge in [0.2, 0.25) is 0 Å². The summed E-state index contributed by atoms with van der Waals surface area (Å²) in [7, 11) is 5.20. The number of carbonyl (C=O) groups is 1. The molecule has 0 bridgehead atoms. The number of anilines is 1. The fourth-order valence-corrected chi connectivity index (χ4v) is 2.51. The topological polar surface area (TPSA) is 54.5 Å². The summed E-state index contributed by atoms with van der Waals surface area (Å²) >= 11 is 0. The molecule has 0 spiro atoms. The van der Waals surface area contributed by atoms with Crippen molar-refractivity contribution in [1.29, 1.82) is 0 Å². The van der Waals surface area contributed by atoms with Gasteiger partial charge in [0.15, 0.2) is 0 Å². The molecule has 1 amide bonds. The summed E-state index contributed by atoms with van der Waals surface area (Å²) < 4.78 is 5.31. The van der Waals surface area contributed by atoms with Crippen LogP contribution in [0.2, 0.25) is 0 Å². The van der Waals surface area contributed by atoms with Gasteiger partial charge in [-0.3, -0.25) is 4.79 Å². The van der Waals surface area contributed by atoms with Gasteiger partial charge < -0.3 is 15.0 Å². The number of hydrogen-bond acceptors (Lipinski definition) is 4. The lowest BCUT2D eigenvalue weighted by Gasteiger charge is -2.41. The largest absolute Gasteiger partial charge is 0.384 e. The molecule has 5 nitrogen and oxygen atoms in total. The van der Waals surface area contributed by atoms with Crippen LogP contribution < -0.4 is 5.32 Å². The molecule has 1 aliphatic rings. The molecule has 110 valence electrons. The highest BCUT2D eigenvalue weighted by Crippen LogP contribution is 2.41. The maximum Gasteiger partial charge on any atom is 0.272 e. The zero-order chi connectivity index (χ0) is 14.6. The van der Waals surface area contributed by atoms with E-state index in [1.807, 2.05) is 12.1 Å². The van der Waals surface area contributed by atoms with Crippen molar-refractivity contribution in [2.45, 2.75) is 19.3 Å². The standard InChI is InChI=1S/C15H23N3O2/c1-18(2)14(19)12-6-4-7-13(17-12)16-10-15(11-20-3)8-5-9-15/h4,6-7H,5,8-11H2,1-3H3,(H,16,17). The Morgan fingerprint density at radius 2 is 2.20 bits per heavy atom. The fraction of sp³-hybridized carbons (Fsp3) is 0.600. The van der Waals surface area contributed by atoms with Crippen molar-refractivity contribution in [1.82, 2.24) is 9.88 Å². The zero-order valence-electron chi connectivity index (χ0n) is 12.5. The van der Waals surface area contributed by atoms with Crippen LogP contribution in [-0.2, 0) is 4.74 Å². The Labute approximate surface area is 120 Å². The van der Waals surface area contributed by atoms with Crippen molar-refractivity contribution in [3.05, 3.63) is 23.9 Å². The number of amides is 1. The Balaban J connectivity index is 1.99. The number of pyridine rings is 1. The van der Waals surface area contributed by atoms with Crippen LogP contribution in [-0.4, -0.2) is 50.1 Å². The van der Waals surface area contributed by atoms with Crippen molar-refractivity contribution in [3.8, 4) is 0 Å². The molecule has 0 aromatic carbocycles. The van der Waals surface area contributed by atoms with Crippen LogP contribution in [0.15, 0.2) is 18.2 Å². The molecule has 0 atom stereocenters. The molecule has 1 aliphatic carbocycles. The van der Waals surface area contributed by atoms with Crippen LogP contribution in [0.3, 0.4) is 0 Å². The molecule has 2 rings (SSSR count). The smallest absolute Gasteiger partial charge is 0.272 e. The molecule has 1 heterocycles. The molecular formula is C15H23N3O2. The van der Waals surface area contributed by atoms with E-state index in [1.54, 1.807) is 27.3 Å². The highest BCUT2D eigenvalue weighted by atomic mass is 16.5. The van der Waals surface area contributed by atoms with Crippen molar-refractivity contribution >= 4 is 11.7 Å². The molecule has 1 N–H and O–H groups in total. The highest BCUT2D eigenvalue weighted by molar-refractivity contribution is 5.92. The maximum atomic E-state index is 11.9. The molecule has 0 radical (unpaired) electrons. The van der Waals surface area contributed by atoms with Gasteiger partial charge in [-0.25, -0.2) is 4.98 Å². The lowest BCUT2D eigenvalue weighted by molar-refractivity contribution is 0.0282. The van der Waals surface area contributed by atoms with Crippen LogP contribution >= 0.6 is 0 Å². The Morgan fingerprint density at radius 3 is 2.75 bits per heavy atom. The van der Waals surface area contributed by atoms with E-state index in [0.29, 0.717) is 5.69 Å². The van der Waals surface area contributed by atoms with E-state index >= 15 is 0 Å². The second-order valence-electron chi connectivity index (χ2n) is 5.75. The van der Waals surface area contributed by atoms with E-state index in [2.05, 4.69) is 10.3 Å². The summed E-state index contributed by atoms with van der Waals surface area (Å²) in [5.41, 5.74) is 0.701. The molecule has 1 fully saturated rings. The summed E-state index contributed by atoms with van der Waals surface area (Å²) in [6, 6.07) is 5.49. The minimum Gasteiger partial charge on any atom is -0.384 e. The first-order chi connectivity index (χ1) is 9.56. The van der Waals surface area contributed by atoms with Crippen molar-refractivity contribution < 1.29 is 9.53 Å². The minimum atomic E-state index is -0.0797. The molecule has 0 unspecified atom stereocenters. The second kappa shape index (κ2) is 6.22. The molecule has 20 heavy (non-hydrogen) atoms. The van der Waals surface area contributed by atoms with E-state index < -0.39 is 0 Å². The van der Waals surface area contributed by atoms with Gasteiger partial charge in [0.1, 0.15) is 11.5 Å². The maximum absolute atomic E-state index is 11.9. The van der Waals surface area contributed by atoms with Crippen molar-refractivity contribution in [2.24, 2.45) is 5.41 Å². The van der Waals surface area contributed by atoms with Gasteiger partial charge >= 0.3 is 0 Å². The summed E-state index contributed by atoms with van der Waals surface area (Å²) in [5, 5.41) is 3.34. The first kappa shape index (κ1) is 14.8. The van der Waals surface area contributed by atoms with E-state index in [1.165, 1.54) is 24.2 Å². The monoisotopic (exact) mass is 277 g/mol. The molecule has 1 aromatic heterocycles. The molecule has 0 aliphatic heterocycles. The van der Waals surface area contributed by atoms with Gasteiger partial charge in [-0.15, -0.1) is 0 Å². The van der Waals surface area contributed by atoms with Crippen molar-refractivity contribution in [2.75, 3.05) is 39.7 Å². The van der Waals surface area contributed by atoms with E-state index in [9.17, 15) is 4.79 Å². The quantitative estimate of drug-likeness (QED) is 0.864. The first-order valence-electron chi connectivity index (χ1n) is 6.98. The van der Waals surface area contributed by atoms with E-state index in [4.69, 9.17) is 4.74 Å². The summed E-state index contributed by atoms with van der Waals surface area (Å²) in [6.07, 6.45) is 3.63. The minimum absolute atomic E-state index is 0.0797. The normalized spacial score (nSPS) is 16.4. The molecule has 0 saturated heterocycles. The van der Waals surface area contributed by atoms with Gasteiger partial charge in [0.05, 0.1) is 6.61 Å². The summed E-state index contributed by atoms with van der Waals surface area (Å²) in [5.74, 6) is 0.670. The number of nitrogens with zero attached hydrogens (tertiary/aromatic N) is 2. The molecular weight excluding hydrogens is 254 g/mol. The van der Waals surface area contributed by atoms with Gasteiger partial charge in [-0.2, -0.15) is 0 Å². The first-order valence-corrected chi connectivity index (χ1v) is 6.98. The Morgan fingerprint density at radius 1 is 1.45 bits per heavy atom. The van der Waals surface area contributed by atoms with Gasteiger partial charge in [0, 0.05) is 33.2 Å². The number of methoxy groups -OCH3 is 1. The van der Waals surface area contributed by atoms with Gasteiger partial charge in [0.25, 0.3) is 5.91 Å². The third-order valence-electron chi connectivity index (χ3n) is 3.88. The van der Waals surface area contributed by atoms with E-state index in [-0.39, 0.29) is 11.3 Å². The predicted octanol–water partition coefficient (Wildman–Crippen LogP) is 2.01. The number of carbonyl (C=O) groups excluding carboxylic acids is 1. The summed E-state index contributed by atoms with van der Waals surface area (Å²) in [4.78, 5) is 17.8. The van der Waals surface area contributed by atoms with Crippen LogP contribution in [0, 0.1) is 5.41 Å². The molecule has 1 aromatic rings. The summed E-state index contributed by atoms with van der Waals surface area (Å²) in [6.45, 7) is 1.61. The lowest BCUT2D eigenvalue weighted by Crippen LogP contribution is -2.40. The lowest BCUT2D eigenvalue weighted by atomic mass is 9.69. The SMILES string of the molecule is COCC1(CNc2cccc(C(=O)N(C)C)n2)CCC1. The number of aromatic nitrogens is 1. The number of ether oxygens (including phenoxy) is 1. The van der Waals surface area contributed by atoms with Crippen LogP contribution in [0.25, 0.3) is 0 Å². The molecule has 1 saturated carbocycles. The van der Waals surface area contributed by atoms with Crippen LogP contribution in [0.4, 0.5) is 5.82 Å². The Hall–Kier alpha value is -1.62. The van der Waals surface area contributed by atoms with E-state index in [0.717, 1.165) is 19.0 Å². The third kappa shape index (κ3) is 3.28. The molecule has 5 heteroatoms. The van der Waals surface area contributed by atoms with Crippen LogP contribution in [0.1, 0.15) is 29.8 Å². The van der Waals surface area contributed by atoms with Gasteiger partial charge in [-0.1, -0.05) is 12.5 Å². The Bertz CT molecular complexity index is 470. The average Bonchev–Trinajstić information content (AvgIpc) is 2.41. The van der Waals surface area contributed by atoms with Crippen LogP contribution in [0.5, 0.6) is 0 Å². The fourth-order valence-electron chi connectivity index (χ4n) is 2.51. The van der Waals surface area contributed by atoms with Crippen molar-refractivity contribution in [3.63, 3.8) is 0 Å². The third-order valence-corrected chi connectivity index (χ3v) is 3.88. The predicted molar refractivity (Wildman–Crippen MR) is 78.9 cm³/mol. The number of nitrogens with one attached hydrogen (secondary N) is 1. The highest BCUT2D eigenvalue weighted by Gasteiger charge is 2.36. The number of rotatable bonds is 6. The second-order valence-corrected chi connectivity index (χ2v) is 5.75. The zero-order valence-corrected chi connectivity index (χ0v) is 12.5. The Kier molecular flexibility index (Phi) is 4.60. The number of hydrogen-bond donors (Lipinski definition) is 1. The average molecular weight is 277 g/mol. The van der Waals surface area contributed by atoms with Gasteiger partial charge in [-0.05, 0) is 25.0 Å².